The van der Waals surface area contributed by atoms with Gasteiger partial charge in [0.15, 0.2) is 11.4 Å². The molecule has 0 aliphatic carbocycles. The predicted octanol–water partition coefficient (Wildman–Crippen LogP) is 5.69. The van der Waals surface area contributed by atoms with Crippen molar-refractivity contribution in [1.29, 1.82) is 0 Å². The number of pyridine rings is 1. The molecule has 0 radical (unpaired) electrons. The lowest BCUT2D eigenvalue weighted by Gasteiger charge is -2.32. The van der Waals surface area contributed by atoms with E-state index >= 15 is 0 Å². The van der Waals surface area contributed by atoms with Gasteiger partial charge in [0.05, 0.1) is 16.9 Å². The number of nitrogens with zero attached hydrogens (tertiary/aromatic N) is 2. The predicted molar refractivity (Wildman–Crippen MR) is 133 cm³/mol. The monoisotopic (exact) mass is 514 g/mol. The van der Waals surface area contributed by atoms with Crippen LogP contribution >= 0.6 is 11.6 Å². The number of oxazole rings is 1. The van der Waals surface area contributed by atoms with Crippen molar-refractivity contribution in [2.45, 2.75) is 45.8 Å². The molecule has 0 saturated heterocycles. The average Bonchev–Trinajstić information content (AvgIpc) is 3.19. The van der Waals surface area contributed by atoms with E-state index < -0.39 is 22.8 Å². The van der Waals surface area contributed by atoms with Crippen LogP contribution in [0.4, 0.5) is 8.78 Å². The zero-order valence-corrected chi connectivity index (χ0v) is 21.1. The van der Waals surface area contributed by atoms with Gasteiger partial charge in [-0.3, -0.25) is 9.36 Å². The molecule has 6 nitrogen and oxygen atoms in total. The molecule has 0 bridgehead atoms. The minimum absolute atomic E-state index is 0.0954. The first-order chi connectivity index (χ1) is 16.7. The standard InChI is InChI=1S/C27H25ClF2N2O4/c1-14-10-17(28)11-15(2)23(14)32-13-16(6-9-21(32)33)22-24(19-8-7-18(29)12-20(19)30)36-25(31-22)27(5,35)26(3,4)34/h6-13,34-35H,1-5H3. The highest BCUT2D eigenvalue weighted by molar-refractivity contribution is 6.30. The Bertz CT molecular complexity index is 1510. The molecule has 2 N–H and O–H groups in total. The number of aryl methyl sites for hydroxylation is 2. The van der Waals surface area contributed by atoms with Crippen LogP contribution in [0.2, 0.25) is 5.02 Å². The molecule has 2 aromatic heterocycles. The number of aromatic nitrogens is 2. The molecule has 0 amide bonds. The summed E-state index contributed by atoms with van der Waals surface area (Å²) in [5, 5.41) is 22.1. The van der Waals surface area contributed by atoms with E-state index in [1.54, 1.807) is 12.1 Å². The number of hydrogen-bond donors (Lipinski definition) is 2. The van der Waals surface area contributed by atoms with Crippen LogP contribution in [0.25, 0.3) is 28.3 Å². The third-order valence-electron chi connectivity index (χ3n) is 6.29. The van der Waals surface area contributed by atoms with E-state index in [0.29, 0.717) is 22.3 Å². The quantitative estimate of drug-likeness (QED) is 0.357. The first-order valence-electron chi connectivity index (χ1n) is 11.1. The molecule has 4 aromatic rings. The van der Waals surface area contributed by atoms with Gasteiger partial charge in [0.1, 0.15) is 17.3 Å². The van der Waals surface area contributed by atoms with Crippen molar-refractivity contribution in [3.63, 3.8) is 0 Å². The summed E-state index contributed by atoms with van der Waals surface area (Å²) in [6.07, 6.45) is 1.52. The van der Waals surface area contributed by atoms with E-state index in [2.05, 4.69) is 4.98 Å². The topological polar surface area (TPSA) is 88.5 Å². The molecule has 188 valence electrons. The van der Waals surface area contributed by atoms with Gasteiger partial charge in [0.2, 0.25) is 5.89 Å². The Kier molecular flexibility index (Phi) is 6.41. The van der Waals surface area contributed by atoms with Crippen LogP contribution in [0.1, 0.15) is 37.8 Å². The summed E-state index contributed by atoms with van der Waals surface area (Å²) in [6.45, 7) is 7.71. The van der Waals surface area contributed by atoms with E-state index in [1.807, 2.05) is 13.8 Å². The highest BCUT2D eigenvalue weighted by Crippen LogP contribution is 2.40. The zero-order chi connectivity index (χ0) is 26.6. The molecule has 36 heavy (non-hydrogen) atoms. The summed E-state index contributed by atoms with van der Waals surface area (Å²) >= 11 is 6.16. The molecule has 1 atom stereocenters. The van der Waals surface area contributed by atoms with Crippen molar-refractivity contribution >= 4 is 11.6 Å². The summed E-state index contributed by atoms with van der Waals surface area (Å²) in [5.41, 5.74) is -1.47. The van der Waals surface area contributed by atoms with E-state index in [4.69, 9.17) is 16.0 Å². The Hall–Kier alpha value is -3.33. The second-order valence-electron chi connectivity index (χ2n) is 9.47. The lowest BCUT2D eigenvalue weighted by Crippen LogP contribution is -2.45. The molecule has 0 spiro atoms. The molecule has 0 aliphatic heterocycles. The Labute approximate surface area is 211 Å². The average molecular weight is 515 g/mol. The van der Waals surface area contributed by atoms with Gasteiger partial charge < -0.3 is 14.6 Å². The van der Waals surface area contributed by atoms with Gasteiger partial charge in [-0.15, -0.1) is 0 Å². The maximum Gasteiger partial charge on any atom is 0.255 e. The molecule has 2 heterocycles. The molecule has 9 heteroatoms. The smallest absolute Gasteiger partial charge is 0.255 e. The zero-order valence-electron chi connectivity index (χ0n) is 20.4. The fraction of sp³-hybridized carbons (Fsp3) is 0.259. The van der Waals surface area contributed by atoms with E-state index in [-0.39, 0.29) is 28.5 Å². The van der Waals surface area contributed by atoms with Crippen LogP contribution in [-0.2, 0) is 5.60 Å². The van der Waals surface area contributed by atoms with Crippen LogP contribution in [0, 0.1) is 25.5 Å². The van der Waals surface area contributed by atoms with Gasteiger partial charge in [0, 0.05) is 28.9 Å². The molecule has 0 aliphatic rings. The highest BCUT2D eigenvalue weighted by Gasteiger charge is 2.44. The summed E-state index contributed by atoms with van der Waals surface area (Å²) in [5.74, 6) is -2.05. The van der Waals surface area contributed by atoms with Crippen LogP contribution in [0.3, 0.4) is 0 Å². The lowest BCUT2D eigenvalue weighted by molar-refractivity contribution is -0.138. The Morgan fingerprint density at radius 3 is 2.22 bits per heavy atom. The second kappa shape index (κ2) is 8.96. The minimum atomic E-state index is -1.96. The number of aliphatic hydroxyl groups is 2. The molecule has 0 fully saturated rings. The van der Waals surface area contributed by atoms with Crippen LogP contribution < -0.4 is 5.56 Å². The van der Waals surface area contributed by atoms with Gasteiger partial charge in [-0.1, -0.05) is 11.6 Å². The van der Waals surface area contributed by atoms with Crippen molar-refractivity contribution < 1.29 is 23.4 Å². The maximum absolute atomic E-state index is 14.8. The van der Waals surface area contributed by atoms with Crippen molar-refractivity contribution in [2.75, 3.05) is 0 Å². The van der Waals surface area contributed by atoms with Crippen molar-refractivity contribution in [2.24, 2.45) is 0 Å². The summed E-state index contributed by atoms with van der Waals surface area (Å²) in [6, 6.07) is 9.26. The van der Waals surface area contributed by atoms with Gasteiger partial charge in [-0.05, 0) is 76.1 Å². The molecule has 2 aromatic carbocycles. The molecule has 0 saturated carbocycles. The third kappa shape index (κ3) is 4.48. The molecular formula is C27H25ClF2N2O4. The lowest BCUT2D eigenvalue weighted by atomic mass is 9.88. The van der Waals surface area contributed by atoms with Crippen molar-refractivity contribution in [1.82, 2.24) is 9.55 Å². The SMILES string of the molecule is Cc1cc(Cl)cc(C)c1-n1cc(-c2nc(C(C)(O)C(C)(C)O)oc2-c2ccc(F)cc2F)ccc1=O. The summed E-state index contributed by atoms with van der Waals surface area (Å²) < 4.78 is 35.7. The fourth-order valence-corrected chi connectivity index (χ4v) is 4.25. The number of hydrogen-bond acceptors (Lipinski definition) is 5. The first kappa shape index (κ1) is 25.8. The van der Waals surface area contributed by atoms with Crippen molar-refractivity contribution in [3.8, 4) is 28.3 Å². The van der Waals surface area contributed by atoms with Gasteiger partial charge in [-0.25, -0.2) is 13.8 Å². The third-order valence-corrected chi connectivity index (χ3v) is 6.51. The molecular weight excluding hydrogens is 490 g/mol. The largest absolute Gasteiger partial charge is 0.437 e. The highest BCUT2D eigenvalue weighted by atomic mass is 35.5. The second-order valence-corrected chi connectivity index (χ2v) is 9.90. The fourth-order valence-electron chi connectivity index (χ4n) is 3.93. The van der Waals surface area contributed by atoms with E-state index in [1.165, 1.54) is 49.7 Å². The van der Waals surface area contributed by atoms with E-state index in [9.17, 15) is 23.8 Å². The Balaban J connectivity index is 2.00. The van der Waals surface area contributed by atoms with Crippen LogP contribution in [0.15, 0.2) is 57.9 Å². The van der Waals surface area contributed by atoms with Crippen LogP contribution in [0.5, 0.6) is 0 Å². The van der Waals surface area contributed by atoms with Gasteiger partial charge >= 0.3 is 0 Å². The number of halogens is 3. The number of benzene rings is 2. The Morgan fingerprint density at radius 2 is 1.64 bits per heavy atom. The van der Waals surface area contributed by atoms with Gasteiger partial charge in [0.25, 0.3) is 5.56 Å². The minimum Gasteiger partial charge on any atom is -0.437 e. The summed E-state index contributed by atoms with van der Waals surface area (Å²) in [7, 11) is 0. The van der Waals surface area contributed by atoms with Crippen molar-refractivity contribution in [3.05, 3.63) is 92.7 Å². The van der Waals surface area contributed by atoms with Gasteiger partial charge in [-0.2, -0.15) is 0 Å². The first-order valence-corrected chi connectivity index (χ1v) is 11.5. The van der Waals surface area contributed by atoms with E-state index in [0.717, 1.165) is 17.2 Å². The Morgan fingerprint density at radius 1 is 1.00 bits per heavy atom. The normalized spacial score (nSPS) is 13.6. The van der Waals surface area contributed by atoms with Crippen LogP contribution in [-0.4, -0.2) is 25.4 Å². The molecule has 4 rings (SSSR count). The number of rotatable bonds is 5. The maximum atomic E-state index is 14.8. The summed E-state index contributed by atoms with van der Waals surface area (Å²) in [4.78, 5) is 17.3. The molecule has 1 unspecified atom stereocenters.